The van der Waals surface area contributed by atoms with Gasteiger partial charge < -0.3 is 11.1 Å². The molecule has 1 rings (SSSR count). The van der Waals surface area contributed by atoms with Crippen molar-refractivity contribution >= 4 is 39.8 Å². The lowest BCUT2D eigenvalue weighted by atomic mass is 10.2. The highest BCUT2D eigenvalue weighted by atomic mass is 79.9. The molecule has 3 N–H and O–H groups in total. The Morgan fingerprint density at radius 2 is 2.15 bits per heavy atom. The van der Waals surface area contributed by atoms with Crippen molar-refractivity contribution in [3.8, 4) is 0 Å². The largest absolute Gasteiger partial charge is 0.330 e. The first kappa shape index (κ1) is 16.3. The molecule has 1 aromatic carbocycles. The van der Waals surface area contributed by atoms with Crippen molar-refractivity contribution in [2.24, 2.45) is 5.73 Å². The third-order valence-electron chi connectivity index (χ3n) is 2.62. The van der Waals surface area contributed by atoms with E-state index >= 15 is 0 Å². The number of amides is 3. The Morgan fingerprint density at radius 3 is 2.70 bits per heavy atom. The average Bonchev–Trinajstić information content (AvgIpc) is 2.42. The summed E-state index contributed by atoms with van der Waals surface area (Å²) in [5.41, 5.74) is 6.64. The van der Waals surface area contributed by atoms with Crippen molar-refractivity contribution in [1.82, 2.24) is 4.90 Å². The third kappa shape index (κ3) is 4.43. The number of carbonyl (C=O) groups excluding carboxylic acids is 3. The second kappa shape index (κ2) is 7.76. The number of anilines is 1. The zero-order valence-corrected chi connectivity index (χ0v) is 12.6. The molecule has 108 valence electrons. The first-order chi connectivity index (χ1) is 9.49. The van der Waals surface area contributed by atoms with E-state index in [2.05, 4.69) is 21.2 Å². The molecule has 0 atom stereocenters. The van der Waals surface area contributed by atoms with E-state index in [1.54, 1.807) is 19.1 Å². The van der Waals surface area contributed by atoms with Crippen molar-refractivity contribution < 1.29 is 14.4 Å². The van der Waals surface area contributed by atoms with Crippen LogP contribution in [0.1, 0.15) is 12.0 Å². The summed E-state index contributed by atoms with van der Waals surface area (Å²) in [6, 6.07) is 5.24. The van der Waals surface area contributed by atoms with E-state index in [4.69, 9.17) is 5.73 Å². The van der Waals surface area contributed by atoms with E-state index in [-0.39, 0.29) is 6.54 Å². The highest BCUT2D eigenvalue weighted by Gasteiger charge is 2.21. The Kier molecular flexibility index (Phi) is 6.33. The number of imide groups is 1. The molecule has 3 amide bonds. The van der Waals surface area contributed by atoms with Crippen LogP contribution in [0.15, 0.2) is 22.7 Å². The Labute approximate surface area is 125 Å². The fourth-order valence-corrected chi connectivity index (χ4v) is 2.01. The lowest BCUT2D eigenvalue weighted by Gasteiger charge is -2.15. The molecule has 0 saturated carbocycles. The van der Waals surface area contributed by atoms with Crippen LogP contribution in [0.25, 0.3) is 0 Å². The number of benzene rings is 1. The van der Waals surface area contributed by atoms with Crippen LogP contribution in [-0.4, -0.2) is 36.2 Å². The SMILES string of the molecule is Cc1cc(Br)ccc1NC(=O)C(=O)N(C=O)CCCN. The molecule has 20 heavy (non-hydrogen) atoms. The second-order valence-corrected chi connectivity index (χ2v) is 5.08. The maximum absolute atomic E-state index is 11.8. The minimum Gasteiger partial charge on any atom is -0.330 e. The molecule has 0 unspecified atom stereocenters. The monoisotopic (exact) mass is 341 g/mol. The zero-order valence-electron chi connectivity index (χ0n) is 11.1. The van der Waals surface area contributed by atoms with Gasteiger partial charge in [0.15, 0.2) is 0 Å². The molecule has 0 aliphatic carbocycles. The van der Waals surface area contributed by atoms with E-state index < -0.39 is 11.8 Å². The molecule has 0 saturated heterocycles. The number of nitrogens with one attached hydrogen (secondary N) is 1. The molecule has 0 heterocycles. The smallest absolute Gasteiger partial charge is 0.318 e. The minimum atomic E-state index is -0.893. The Balaban J connectivity index is 2.74. The van der Waals surface area contributed by atoms with Crippen molar-refractivity contribution in [1.29, 1.82) is 0 Å². The van der Waals surface area contributed by atoms with Gasteiger partial charge in [0.25, 0.3) is 0 Å². The average molecular weight is 342 g/mol. The van der Waals surface area contributed by atoms with Gasteiger partial charge in [0, 0.05) is 16.7 Å². The summed E-state index contributed by atoms with van der Waals surface area (Å²) in [6.07, 6.45) is 0.793. The van der Waals surface area contributed by atoms with Gasteiger partial charge >= 0.3 is 11.8 Å². The van der Waals surface area contributed by atoms with Crippen LogP contribution in [0.4, 0.5) is 5.69 Å². The number of aryl methyl sites for hydroxylation is 1. The van der Waals surface area contributed by atoms with Gasteiger partial charge in [0.05, 0.1) is 0 Å². The minimum absolute atomic E-state index is 0.131. The normalized spacial score (nSPS) is 9.95. The first-order valence-electron chi connectivity index (χ1n) is 6.03. The van der Waals surface area contributed by atoms with Gasteiger partial charge in [-0.3, -0.25) is 19.3 Å². The fourth-order valence-electron chi connectivity index (χ4n) is 1.54. The molecule has 0 radical (unpaired) electrons. The maximum Gasteiger partial charge on any atom is 0.318 e. The van der Waals surface area contributed by atoms with E-state index in [1.165, 1.54) is 0 Å². The molecule has 0 aromatic heterocycles. The predicted octanol–water partition coefficient (Wildman–Crippen LogP) is 1.03. The zero-order chi connectivity index (χ0) is 15.1. The molecule has 0 aliphatic heterocycles. The van der Waals surface area contributed by atoms with Crippen molar-refractivity contribution in [2.75, 3.05) is 18.4 Å². The van der Waals surface area contributed by atoms with Gasteiger partial charge in [0.2, 0.25) is 6.41 Å². The van der Waals surface area contributed by atoms with E-state index in [1.807, 2.05) is 6.07 Å². The summed E-state index contributed by atoms with van der Waals surface area (Å²) >= 11 is 3.31. The van der Waals surface area contributed by atoms with Gasteiger partial charge in [-0.05, 0) is 43.7 Å². The number of carbonyl (C=O) groups is 3. The van der Waals surface area contributed by atoms with Crippen molar-refractivity contribution in [3.63, 3.8) is 0 Å². The lowest BCUT2D eigenvalue weighted by Crippen LogP contribution is -2.40. The standard InChI is InChI=1S/C13H16BrN3O3/c1-9-7-10(14)3-4-11(9)16-12(19)13(20)17(8-18)6-2-5-15/h3-4,7-8H,2,5-6,15H2,1H3,(H,16,19). The number of hydrogen-bond acceptors (Lipinski definition) is 4. The number of hydrogen-bond donors (Lipinski definition) is 2. The summed E-state index contributed by atoms with van der Waals surface area (Å²) in [7, 11) is 0. The summed E-state index contributed by atoms with van der Waals surface area (Å²) in [5.74, 6) is -1.74. The summed E-state index contributed by atoms with van der Waals surface area (Å²) in [6.45, 7) is 2.27. The maximum atomic E-state index is 11.8. The molecule has 1 aromatic rings. The van der Waals surface area contributed by atoms with Crippen molar-refractivity contribution in [2.45, 2.75) is 13.3 Å². The van der Waals surface area contributed by atoms with Crippen LogP contribution in [0.5, 0.6) is 0 Å². The lowest BCUT2D eigenvalue weighted by molar-refractivity contribution is -0.146. The number of halogens is 1. The van der Waals surface area contributed by atoms with Crippen LogP contribution in [0, 0.1) is 6.92 Å². The Hall–Kier alpha value is -1.73. The summed E-state index contributed by atoms with van der Waals surface area (Å²) in [4.78, 5) is 35.2. The van der Waals surface area contributed by atoms with Crippen LogP contribution < -0.4 is 11.1 Å². The van der Waals surface area contributed by atoms with E-state index in [9.17, 15) is 14.4 Å². The van der Waals surface area contributed by atoms with Gasteiger partial charge in [0.1, 0.15) is 0 Å². The van der Waals surface area contributed by atoms with Crippen LogP contribution in [0.2, 0.25) is 0 Å². The molecule has 0 aliphatic rings. The van der Waals surface area contributed by atoms with E-state index in [0.717, 1.165) is 14.9 Å². The van der Waals surface area contributed by atoms with Crippen LogP contribution >= 0.6 is 15.9 Å². The molecule has 7 heteroatoms. The number of rotatable bonds is 5. The van der Waals surface area contributed by atoms with Gasteiger partial charge in [-0.2, -0.15) is 0 Å². The molecule has 0 spiro atoms. The van der Waals surface area contributed by atoms with Gasteiger partial charge in [-0.25, -0.2) is 0 Å². The molecule has 0 fully saturated rings. The first-order valence-corrected chi connectivity index (χ1v) is 6.82. The third-order valence-corrected chi connectivity index (χ3v) is 3.12. The van der Waals surface area contributed by atoms with E-state index in [0.29, 0.717) is 25.1 Å². The highest BCUT2D eigenvalue weighted by molar-refractivity contribution is 9.10. The van der Waals surface area contributed by atoms with Crippen LogP contribution in [-0.2, 0) is 14.4 Å². The predicted molar refractivity (Wildman–Crippen MR) is 79.0 cm³/mol. The second-order valence-electron chi connectivity index (χ2n) is 4.16. The van der Waals surface area contributed by atoms with Crippen LogP contribution in [0.3, 0.4) is 0 Å². The topological polar surface area (TPSA) is 92.5 Å². The summed E-state index contributed by atoms with van der Waals surface area (Å²) < 4.78 is 0.872. The quantitative estimate of drug-likeness (QED) is 0.618. The molecular formula is C13H16BrN3O3. The molecular weight excluding hydrogens is 326 g/mol. The molecule has 6 nitrogen and oxygen atoms in total. The Bertz CT molecular complexity index is 520. The van der Waals surface area contributed by atoms with Gasteiger partial charge in [-0.1, -0.05) is 15.9 Å². The fraction of sp³-hybridized carbons (Fsp3) is 0.308. The van der Waals surface area contributed by atoms with Crippen molar-refractivity contribution in [3.05, 3.63) is 28.2 Å². The summed E-state index contributed by atoms with van der Waals surface area (Å²) in [5, 5.41) is 2.49. The number of nitrogens with two attached hydrogens (primary N) is 1. The molecule has 0 bridgehead atoms. The Morgan fingerprint density at radius 1 is 1.45 bits per heavy atom. The van der Waals surface area contributed by atoms with Gasteiger partial charge in [-0.15, -0.1) is 0 Å². The highest BCUT2D eigenvalue weighted by Crippen LogP contribution is 2.19. The number of nitrogens with zero attached hydrogens (tertiary/aromatic N) is 1.